The highest BCUT2D eigenvalue weighted by Crippen LogP contribution is 2.37. The summed E-state index contributed by atoms with van der Waals surface area (Å²) in [6.45, 7) is 9.98. The molecule has 2 aromatic rings. The van der Waals surface area contributed by atoms with Crippen molar-refractivity contribution in [1.82, 2.24) is 9.80 Å². The second kappa shape index (κ2) is 13.4. The highest BCUT2D eigenvalue weighted by molar-refractivity contribution is 5.93. The zero-order chi connectivity index (χ0) is 30.5. The lowest BCUT2D eigenvalue weighted by Gasteiger charge is -2.49. The third-order valence-electron chi connectivity index (χ3n) is 8.58. The predicted molar refractivity (Wildman–Crippen MR) is 158 cm³/mol. The zero-order valence-electron chi connectivity index (χ0n) is 25.1. The van der Waals surface area contributed by atoms with Crippen LogP contribution in [0.15, 0.2) is 66.2 Å². The van der Waals surface area contributed by atoms with Gasteiger partial charge in [-0.05, 0) is 79.2 Å². The average Bonchev–Trinajstić information content (AvgIpc) is 2.90. The Labute approximate surface area is 247 Å². The second-order valence-electron chi connectivity index (χ2n) is 12.7. The Morgan fingerprint density at radius 3 is 2.24 bits per heavy atom. The lowest BCUT2D eigenvalue weighted by molar-refractivity contribution is -0.274. The molecule has 1 heterocycles. The largest absolute Gasteiger partial charge is 0.573 e. The number of carbonyl (C=O) groups excluding carboxylic acids is 2. The molecule has 8 heteroatoms. The molecule has 1 saturated heterocycles. The second-order valence-corrected chi connectivity index (χ2v) is 12.7. The van der Waals surface area contributed by atoms with Gasteiger partial charge in [0.25, 0.3) is 0 Å². The van der Waals surface area contributed by atoms with Gasteiger partial charge in [0.05, 0.1) is 6.04 Å². The van der Waals surface area contributed by atoms with E-state index in [-0.39, 0.29) is 34.9 Å². The number of carbonyl (C=O) groups is 2. The van der Waals surface area contributed by atoms with E-state index in [1.165, 1.54) is 12.1 Å². The van der Waals surface area contributed by atoms with Crippen molar-refractivity contribution < 1.29 is 27.5 Å². The van der Waals surface area contributed by atoms with Crippen molar-refractivity contribution in [3.05, 3.63) is 77.4 Å². The summed E-state index contributed by atoms with van der Waals surface area (Å²) in [4.78, 5) is 30.0. The van der Waals surface area contributed by atoms with Crippen LogP contribution in [0.1, 0.15) is 83.4 Å². The van der Waals surface area contributed by atoms with Crippen molar-refractivity contribution in [2.75, 3.05) is 19.6 Å². The quantitative estimate of drug-likeness (QED) is 0.334. The summed E-state index contributed by atoms with van der Waals surface area (Å²) in [7, 11) is 0. The van der Waals surface area contributed by atoms with Crippen LogP contribution in [0.3, 0.4) is 0 Å². The molecule has 1 aliphatic carbocycles. The number of Topliss-reactive ketones (excluding diaryl/α,β-unsaturated/α-hetero) is 1. The zero-order valence-corrected chi connectivity index (χ0v) is 25.1. The molecule has 1 aliphatic heterocycles. The van der Waals surface area contributed by atoms with Crippen molar-refractivity contribution in [2.45, 2.75) is 84.7 Å². The summed E-state index contributed by atoms with van der Waals surface area (Å²) in [6, 6.07) is 15.9. The number of allylic oxidation sites excluding steroid dienone is 2. The first kappa shape index (κ1) is 31.8. The molecule has 1 amide bonds. The summed E-state index contributed by atoms with van der Waals surface area (Å²) < 4.78 is 42.4. The maximum Gasteiger partial charge on any atom is 0.573 e. The van der Waals surface area contributed by atoms with E-state index in [4.69, 9.17) is 0 Å². The van der Waals surface area contributed by atoms with E-state index in [1.807, 2.05) is 30.3 Å². The molecule has 0 bridgehead atoms. The molecule has 5 nitrogen and oxygen atoms in total. The predicted octanol–water partition coefficient (Wildman–Crippen LogP) is 7.72. The van der Waals surface area contributed by atoms with E-state index in [0.29, 0.717) is 32.0 Å². The fraction of sp³-hybridized carbons (Fsp3) is 0.529. The van der Waals surface area contributed by atoms with Crippen LogP contribution in [0.2, 0.25) is 0 Å². The van der Waals surface area contributed by atoms with Crippen LogP contribution in [-0.2, 0) is 9.59 Å². The molecule has 2 aliphatic rings. The van der Waals surface area contributed by atoms with Gasteiger partial charge in [0.2, 0.25) is 5.91 Å². The van der Waals surface area contributed by atoms with E-state index < -0.39 is 6.36 Å². The number of halogens is 3. The van der Waals surface area contributed by atoms with Crippen LogP contribution in [-0.4, -0.2) is 53.5 Å². The molecule has 0 aromatic heterocycles. The first-order chi connectivity index (χ1) is 19.8. The number of nitrogens with zero attached hydrogens (tertiary/aromatic N) is 2. The minimum absolute atomic E-state index is 0.0319. The number of amides is 1. The Kier molecular flexibility index (Phi) is 10.2. The number of hydrogen-bond donors (Lipinski definition) is 0. The van der Waals surface area contributed by atoms with Gasteiger partial charge >= 0.3 is 6.36 Å². The van der Waals surface area contributed by atoms with E-state index in [9.17, 15) is 22.8 Å². The lowest BCUT2D eigenvalue weighted by atomic mass is 9.82. The normalized spacial score (nSPS) is 22.8. The van der Waals surface area contributed by atoms with Crippen LogP contribution in [0.4, 0.5) is 13.2 Å². The molecule has 0 N–H and O–H groups in total. The molecule has 2 unspecified atom stereocenters. The fourth-order valence-corrected chi connectivity index (χ4v) is 6.39. The number of alkyl halides is 3. The van der Waals surface area contributed by atoms with E-state index in [0.717, 1.165) is 48.8 Å². The Morgan fingerprint density at radius 1 is 0.952 bits per heavy atom. The van der Waals surface area contributed by atoms with Crippen molar-refractivity contribution in [3.8, 4) is 5.75 Å². The number of ketones is 1. The molecular weight excluding hydrogens is 541 g/mol. The van der Waals surface area contributed by atoms with Gasteiger partial charge in [0.15, 0.2) is 5.78 Å². The van der Waals surface area contributed by atoms with Gasteiger partial charge in [0, 0.05) is 32.1 Å². The van der Waals surface area contributed by atoms with Gasteiger partial charge in [-0.1, -0.05) is 69.3 Å². The number of rotatable bonds is 7. The summed E-state index contributed by atoms with van der Waals surface area (Å²) in [5, 5.41) is 0. The Hall–Kier alpha value is -3.13. The molecule has 42 heavy (non-hydrogen) atoms. The molecule has 228 valence electrons. The SMILES string of the molecule is CC(=O)/C1=C\CCC(CC(=O)N2CCN(C(c3ccccc3)c3ccc(OC(F)(F)F)cc3)C[C@@H]2C(C)(C)C)CCC1. The van der Waals surface area contributed by atoms with Gasteiger partial charge in [0.1, 0.15) is 5.75 Å². The van der Waals surface area contributed by atoms with Crippen molar-refractivity contribution >= 4 is 11.7 Å². The van der Waals surface area contributed by atoms with Crippen molar-refractivity contribution in [2.24, 2.45) is 11.3 Å². The molecule has 0 saturated carbocycles. The first-order valence-corrected chi connectivity index (χ1v) is 15.0. The van der Waals surface area contributed by atoms with Crippen LogP contribution in [0, 0.1) is 11.3 Å². The molecule has 0 radical (unpaired) electrons. The Morgan fingerprint density at radius 2 is 1.62 bits per heavy atom. The highest BCUT2D eigenvalue weighted by atomic mass is 19.4. The van der Waals surface area contributed by atoms with Gasteiger partial charge in [-0.25, -0.2) is 0 Å². The maximum absolute atomic E-state index is 13.8. The summed E-state index contributed by atoms with van der Waals surface area (Å²) in [6.07, 6.45) is 2.22. The molecule has 1 fully saturated rings. The third-order valence-corrected chi connectivity index (χ3v) is 8.58. The summed E-state index contributed by atoms with van der Waals surface area (Å²) in [5.74, 6) is 0.384. The van der Waals surface area contributed by atoms with Gasteiger partial charge in [-0.2, -0.15) is 0 Å². The van der Waals surface area contributed by atoms with Crippen molar-refractivity contribution in [3.63, 3.8) is 0 Å². The topological polar surface area (TPSA) is 49.9 Å². The highest BCUT2D eigenvalue weighted by Gasteiger charge is 2.40. The summed E-state index contributed by atoms with van der Waals surface area (Å²) in [5.41, 5.74) is 2.65. The van der Waals surface area contributed by atoms with Crippen LogP contribution in [0.25, 0.3) is 0 Å². The fourth-order valence-electron chi connectivity index (χ4n) is 6.39. The Bertz CT molecular complexity index is 1240. The van der Waals surface area contributed by atoms with Crippen LogP contribution in [0.5, 0.6) is 5.75 Å². The van der Waals surface area contributed by atoms with Crippen molar-refractivity contribution in [1.29, 1.82) is 0 Å². The minimum Gasteiger partial charge on any atom is -0.406 e. The van der Waals surface area contributed by atoms with Gasteiger partial charge < -0.3 is 9.64 Å². The molecule has 3 atom stereocenters. The maximum atomic E-state index is 13.8. The van der Waals surface area contributed by atoms with E-state index >= 15 is 0 Å². The third kappa shape index (κ3) is 8.46. The first-order valence-electron chi connectivity index (χ1n) is 15.0. The minimum atomic E-state index is -4.74. The number of piperazine rings is 1. The van der Waals surface area contributed by atoms with Gasteiger partial charge in [-0.15, -0.1) is 13.2 Å². The monoisotopic (exact) mass is 584 g/mol. The number of ether oxygens (including phenoxy) is 1. The lowest BCUT2D eigenvalue weighted by Crippen LogP contribution is -2.60. The standard InChI is InChI=1S/C34H43F3N2O3/c1-24(40)26-14-8-10-25(11-9-15-26)22-31(41)39-21-20-38(23-30(39)33(2,3)4)32(27-12-6-5-7-13-27)28-16-18-29(19-17-28)42-34(35,36)37/h5-7,12-14,16-19,25,30,32H,8-11,15,20-23H2,1-4H3/b26-14-/t25?,30-,32?/m1/s1. The van der Waals surface area contributed by atoms with E-state index in [2.05, 4.69) is 41.4 Å². The summed E-state index contributed by atoms with van der Waals surface area (Å²) >= 11 is 0. The molecular formula is C34H43F3N2O3. The Balaban J connectivity index is 1.52. The number of benzene rings is 2. The van der Waals surface area contributed by atoms with Crippen LogP contribution >= 0.6 is 0 Å². The average molecular weight is 585 g/mol. The van der Waals surface area contributed by atoms with Gasteiger partial charge in [-0.3, -0.25) is 14.5 Å². The molecule has 2 aromatic carbocycles. The molecule has 4 rings (SSSR count). The van der Waals surface area contributed by atoms with E-state index in [1.54, 1.807) is 19.1 Å². The van der Waals surface area contributed by atoms with Crippen LogP contribution < -0.4 is 4.74 Å². The smallest absolute Gasteiger partial charge is 0.406 e. The molecule has 0 spiro atoms. The number of hydrogen-bond acceptors (Lipinski definition) is 4.